The number of benzene rings is 1. The molecule has 88 valence electrons. The van der Waals surface area contributed by atoms with Crippen molar-refractivity contribution in [2.24, 2.45) is 0 Å². The summed E-state index contributed by atoms with van der Waals surface area (Å²) in [5.74, 6) is -1.14. The molecule has 0 bridgehead atoms. The van der Waals surface area contributed by atoms with Gasteiger partial charge in [-0.15, -0.1) is 0 Å². The first-order valence-electron chi connectivity index (χ1n) is 4.12. The minimum absolute atomic E-state index is 0.148. The van der Waals surface area contributed by atoms with E-state index in [0.717, 1.165) is 12.1 Å². The van der Waals surface area contributed by atoms with Crippen molar-refractivity contribution < 1.29 is 14.3 Å². The van der Waals surface area contributed by atoms with Crippen LogP contribution in [0.25, 0.3) is 0 Å². The Bertz CT molecular complexity index is 377. The molecule has 1 rings (SSSR count). The summed E-state index contributed by atoms with van der Waals surface area (Å²) in [5, 5.41) is 11.3. The third kappa shape index (κ3) is 3.79. The van der Waals surface area contributed by atoms with Crippen molar-refractivity contribution >= 4 is 40.7 Å². The van der Waals surface area contributed by atoms with Crippen LogP contribution in [0, 0.1) is 5.82 Å². The van der Waals surface area contributed by atoms with Gasteiger partial charge in [0.25, 0.3) is 5.91 Å². The molecule has 0 aliphatic heterocycles. The number of hydrogen-bond acceptors (Lipinski definition) is 2. The van der Waals surface area contributed by atoms with E-state index in [1.165, 1.54) is 12.1 Å². The molecule has 0 fully saturated rings. The maximum absolute atomic E-state index is 12.6. The van der Waals surface area contributed by atoms with Gasteiger partial charge in [-0.1, -0.05) is 34.8 Å². The number of aliphatic hydroxyl groups excluding tert-OH is 1. The molecule has 1 aromatic rings. The van der Waals surface area contributed by atoms with Crippen molar-refractivity contribution in [2.45, 2.75) is 10.0 Å². The van der Waals surface area contributed by atoms with E-state index in [-0.39, 0.29) is 5.56 Å². The highest BCUT2D eigenvalue weighted by molar-refractivity contribution is 6.68. The molecule has 2 N–H and O–H groups in total. The number of amides is 1. The van der Waals surface area contributed by atoms with Gasteiger partial charge in [0.2, 0.25) is 3.79 Å². The quantitative estimate of drug-likeness (QED) is 0.647. The summed E-state index contributed by atoms with van der Waals surface area (Å²) in [5.41, 5.74) is 0.148. The Kier molecular flexibility index (Phi) is 4.38. The minimum atomic E-state index is -2.02. The van der Waals surface area contributed by atoms with Crippen molar-refractivity contribution in [3.05, 3.63) is 35.6 Å². The highest BCUT2D eigenvalue weighted by atomic mass is 35.6. The van der Waals surface area contributed by atoms with Gasteiger partial charge in [0, 0.05) is 5.56 Å². The van der Waals surface area contributed by atoms with Crippen LogP contribution in [0.4, 0.5) is 4.39 Å². The minimum Gasteiger partial charge on any atom is -0.369 e. The molecule has 0 heterocycles. The molecule has 1 unspecified atom stereocenters. The number of rotatable bonds is 2. The number of hydrogen-bond donors (Lipinski definition) is 2. The molecule has 0 aliphatic carbocycles. The predicted molar refractivity (Wildman–Crippen MR) is 60.2 cm³/mol. The van der Waals surface area contributed by atoms with E-state index in [1.54, 1.807) is 0 Å². The molecule has 0 spiro atoms. The Balaban J connectivity index is 2.70. The second-order valence-electron chi connectivity index (χ2n) is 2.92. The zero-order valence-corrected chi connectivity index (χ0v) is 10.0. The molecule has 7 heteroatoms. The lowest BCUT2D eigenvalue weighted by atomic mass is 10.2. The van der Waals surface area contributed by atoms with Crippen molar-refractivity contribution in [3.8, 4) is 0 Å². The Labute approximate surface area is 106 Å². The van der Waals surface area contributed by atoms with Gasteiger partial charge in [0.15, 0.2) is 6.23 Å². The lowest BCUT2D eigenvalue weighted by Crippen LogP contribution is -2.43. The van der Waals surface area contributed by atoms with E-state index in [0.29, 0.717) is 0 Å². The van der Waals surface area contributed by atoms with Gasteiger partial charge in [-0.2, -0.15) is 0 Å². The lowest BCUT2D eigenvalue weighted by molar-refractivity contribution is 0.0791. The third-order valence-electron chi connectivity index (χ3n) is 1.68. The number of carbonyl (C=O) groups excluding carboxylic acids is 1. The van der Waals surface area contributed by atoms with Crippen LogP contribution in [0.1, 0.15) is 10.4 Å². The van der Waals surface area contributed by atoms with Crippen LogP contribution < -0.4 is 5.32 Å². The first-order chi connectivity index (χ1) is 7.30. The van der Waals surface area contributed by atoms with Gasteiger partial charge in [0.1, 0.15) is 5.82 Å². The summed E-state index contributed by atoms with van der Waals surface area (Å²) in [7, 11) is 0. The fourth-order valence-corrected chi connectivity index (χ4v) is 1.05. The molecule has 0 aromatic heterocycles. The normalized spacial score (nSPS) is 13.3. The fraction of sp³-hybridized carbons (Fsp3) is 0.222. The molecule has 1 atom stereocenters. The maximum atomic E-state index is 12.6. The molecule has 0 radical (unpaired) electrons. The topological polar surface area (TPSA) is 49.3 Å². The monoisotopic (exact) mass is 285 g/mol. The molecular weight excluding hydrogens is 279 g/mol. The first-order valence-corrected chi connectivity index (χ1v) is 5.25. The van der Waals surface area contributed by atoms with Gasteiger partial charge in [0.05, 0.1) is 0 Å². The summed E-state index contributed by atoms with van der Waals surface area (Å²) in [6.45, 7) is 0. The highest BCUT2D eigenvalue weighted by Crippen LogP contribution is 2.28. The maximum Gasteiger partial charge on any atom is 0.253 e. The van der Waals surface area contributed by atoms with E-state index in [2.05, 4.69) is 5.32 Å². The van der Waals surface area contributed by atoms with Crippen LogP contribution in [0.5, 0.6) is 0 Å². The number of aliphatic hydroxyl groups is 1. The Morgan fingerprint density at radius 1 is 1.31 bits per heavy atom. The molecular formula is C9H7Cl3FNO2. The molecule has 0 aliphatic rings. The average Bonchev–Trinajstić information content (AvgIpc) is 2.17. The third-order valence-corrected chi connectivity index (χ3v) is 2.30. The van der Waals surface area contributed by atoms with Gasteiger partial charge in [-0.25, -0.2) is 4.39 Å². The van der Waals surface area contributed by atoms with Crippen LogP contribution in [-0.4, -0.2) is 21.0 Å². The SMILES string of the molecule is O=C(NC(O)C(Cl)(Cl)Cl)c1ccc(F)cc1. The van der Waals surface area contributed by atoms with Crippen molar-refractivity contribution in [1.82, 2.24) is 5.32 Å². The Morgan fingerprint density at radius 3 is 2.25 bits per heavy atom. The van der Waals surface area contributed by atoms with Crippen molar-refractivity contribution in [1.29, 1.82) is 0 Å². The summed E-state index contributed by atoms with van der Waals surface area (Å²) < 4.78 is 10.5. The summed E-state index contributed by atoms with van der Waals surface area (Å²) in [6.07, 6.45) is -1.64. The zero-order chi connectivity index (χ0) is 12.3. The standard InChI is InChI=1S/C9H7Cl3FNO2/c10-9(11,12)8(16)14-7(15)5-1-3-6(13)4-2-5/h1-4,8,16H,(H,14,15). The van der Waals surface area contributed by atoms with Crippen LogP contribution in [0.3, 0.4) is 0 Å². The second kappa shape index (κ2) is 5.19. The average molecular weight is 287 g/mol. The van der Waals surface area contributed by atoms with Crippen LogP contribution in [-0.2, 0) is 0 Å². The van der Waals surface area contributed by atoms with Crippen LogP contribution >= 0.6 is 34.8 Å². The summed E-state index contributed by atoms with van der Waals surface area (Å²) in [4.78, 5) is 11.4. The molecule has 16 heavy (non-hydrogen) atoms. The van der Waals surface area contributed by atoms with Crippen molar-refractivity contribution in [2.75, 3.05) is 0 Å². The van der Waals surface area contributed by atoms with Gasteiger partial charge in [-0.3, -0.25) is 4.79 Å². The van der Waals surface area contributed by atoms with Gasteiger partial charge < -0.3 is 10.4 Å². The predicted octanol–water partition coefficient (Wildman–Crippen LogP) is 2.24. The van der Waals surface area contributed by atoms with E-state index >= 15 is 0 Å². The number of carbonyl (C=O) groups is 1. The van der Waals surface area contributed by atoms with Crippen LogP contribution in [0.15, 0.2) is 24.3 Å². The molecule has 0 saturated heterocycles. The number of alkyl halides is 3. The van der Waals surface area contributed by atoms with Gasteiger partial charge in [-0.05, 0) is 24.3 Å². The highest BCUT2D eigenvalue weighted by Gasteiger charge is 2.32. The van der Waals surface area contributed by atoms with Crippen molar-refractivity contribution in [3.63, 3.8) is 0 Å². The van der Waals surface area contributed by atoms with E-state index in [1.807, 2.05) is 0 Å². The molecule has 3 nitrogen and oxygen atoms in total. The first kappa shape index (κ1) is 13.5. The Morgan fingerprint density at radius 2 is 1.81 bits per heavy atom. The molecule has 1 amide bonds. The van der Waals surface area contributed by atoms with Crippen LogP contribution in [0.2, 0.25) is 0 Å². The van der Waals surface area contributed by atoms with E-state index < -0.39 is 21.7 Å². The summed E-state index contributed by atoms with van der Waals surface area (Å²) in [6, 6.07) is 4.71. The fourth-order valence-electron chi connectivity index (χ4n) is 0.891. The molecule has 0 saturated carbocycles. The largest absolute Gasteiger partial charge is 0.369 e. The second-order valence-corrected chi connectivity index (χ2v) is 5.29. The number of halogens is 4. The number of nitrogens with one attached hydrogen (secondary N) is 1. The van der Waals surface area contributed by atoms with E-state index in [4.69, 9.17) is 34.8 Å². The van der Waals surface area contributed by atoms with Gasteiger partial charge >= 0.3 is 0 Å². The Hall–Kier alpha value is -0.550. The molecule has 1 aromatic carbocycles. The smallest absolute Gasteiger partial charge is 0.253 e. The lowest BCUT2D eigenvalue weighted by Gasteiger charge is -2.19. The summed E-state index contributed by atoms with van der Waals surface area (Å²) >= 11 is 16.0. The zero-order valence-electron chi connectivity index (χ0n) is 7.75. The van der Waals surface area contributed by atoms with E-state index in [9.17, 15) is 14.3 Å².